The molecule has 0 heterocycles. The van der Waals surface area contributed by atoms with E-state index in [4.69, 9.17) is 9.47 Å². The summed E-state index contributed by atoms with van der Waals surface area (Å²) in [7, 11) is 0. The minimum absolute atomic E-state index is 0.0913. The predicted octanol–water partition coefficient (Wildman–Crippen LogP) is 5.91. The van der Waals surface area contributed by atoms with Gasteiger partial charge in [-0.05, 0) is 38.5 Å². The number of rotatable bonds is 17. The molecule has 0 aliphatic carbocycles. The molecule has 0 radical (unpaired) electrons. The highest BCUT2D eigenvalue weighted by Crippen LogP contribution is 2.10. The second-order valence-electron chi connectivity index (χ2n) is 6.40. The Morgan fingerprint density at radius 2 is 1.00 bits per heavy atom. The zero-order valence-electron chi connectivity index (χ0n) is 16.8. The zero-order valence-corrected chi connectivity index (χ0v) is 16.8. The summed E-state index contributed by atoms with van der Waals surface area (Å²) in [5, 5.41) is 0. The van der Waals surface area contributed by atoms with Gasteiger partial charge in [-0.1, -0.05) is 63.8 Å². The molecule has 4 nitrogen and oxygen atoms in total. The summed E-state index contributed by atoms with van der Waals surface area (Å²) >= 11 is 0. The van der Waals surface area contributed by atoms with Gasteiger partial charge < -0.3 is 9.47 Å². The Balaban J connectivity index is 3.32. The van der Waals surface area contributed by atoms with Crippen molar-refractivity contribution in [3.8, 4) is 0 Å². The van der Waals surface area contributed by atoms with Gasteiger partial charge in [0, 0.05) is 12.8 Å². The minimum atomic E-state index is -0.0913. The van der Waals surface area contributed by atoms with Crippen molar-refractivity contribution in [1.82, 2.24) is 0 Å². The average Bonchev–Trinajstić information content (AvgIpc) is 2.63. The largest absolute Gasteiger partial charge is 0.465 e. The Labute approximate surface area is 160 Å². The van der Waals surface area contributed by atoms with E-state index in [2.05, 4.69) is 26.0 Å². The third-order valence-electron chi connectivity index (χ3n) is 3.91. The van der Waals surface area contributed by atoms with Crippen LogP contribution in [0.3, 0.4) is 0 Å². The van der Waals surface area contributed by atoms with Crippen LogP contribution in [0.15, 0.2) is 24.3 Å². The standard InChI is InChI=1S/C22H38O4/c1-3-5-7-15-19-25-21(23)17-13-11-9-10-12-14-18-22(24)26-20-16-8-6-4-2/h5-8H,3-4,9-20H2,1-2H3/b7-5-,8-6-. The molecule has 0 N–H and O–H groups in total. The van der Waals surface area contributed by atoms with Crippen LogP contribution in [0.1, 0.15) is 90.9 Å². The molecule has 0 aromatic heterocycles. The normalized spacial score (nSPS) is 11.3. The number of allylic oxidation sites excluding steroid dienone is 2. The molecule has 0 spiro atoms. The molecule has 0 amide bonds. The molecule has 0 rings (SSSR count). The van der Waals surface area contributed by atoms with Crippen LogP contribution in [0, 0.1) is 0 Å². The number of ether oxygens (including phenoxy) is 2. The molecule has 0 fully saturated rings. The number of hydrogen-bond acceptors (Lipinski definition) is 4. The minimum Gasteiger partial charge on any atom is -0.465 e. The van der Waals surface area contributed by atoms with Gasteiger partial charge in [-0.25, -0.2) is 0 Å². The molecular formula is C22H38O4. The Kier molecular flexibility index (Phi) is 18.5. The summed E-state index contributed by atoms with van der Waals surface area (Å²) in [6.45, 7) is 5.14. The van der Waals surface area contributed by atoms with Crippen LogP contribution in [-0.2, 0) is 19.1 Å². The van der Waals surface area contributed by atoms with Crippen molar-refractivity contribution in [3.63, 3.8) is 0 Å². The summed E-state index contributed by atoms with van der Waals surface area (Å²) in [5.41, 5.74) is 0. The Morgan fingerprint density at radius 3 is 1.38 bits per heavy atom. The molecule has 0 saturated heterocycles. The fourth-order valence-electron chi connectivity index (χ4n) is 2.44. The number of esters is 2. The zero-order chi connectivity index (χ0) is 19.3. The predicted molar refractivity (Wildman–Crippen MR) is 107 cm³/mol. The van der Waals surface area contributed by atoms with Crippen molar-refractivity contribution >= 4 is 11.9 Å². The molecular weight excluding hydrogens is 328 g/mol. The van der Waals surface area contributed by atoms with Crippen LogP contribution >= 0.6 is 0 Å². The van der Waals surface area contributed by atoms with Crippen LogP contribution in [0.2, 0.25) is 0 Å². The first-order valence-electron chi connectivity index (χ1n) is 10.3. The molecule has 0 aromatic carbocycles. The lowest BCUT2D eigenvalue weighted by Crippen LogP contribution is -2.05. The summed E-state index contributed by atoms with van der Waals surface area (Å²) in [6.07, 6.45) is 19.0. The van der Waals surface area contributed by atoms with Crippen molar-refractivity contribution in [2.24, 2.45) is 0 Å². The maximum atomic E-state index is 11.5. The highest BCUT2D eigenvalue weighted by molar-refractivity contribution is 5.69. The lowest BCUT2D eigenvalue weighted by molar-refractivity contribution is -0.144. The molecule has 0 aliphatic heterocycles. The maximum Gasteiger partial charge on any atom is 0.305 e. The van der Waals surface area contributed by atoms with Gasteiger partial charge in [0.05, 0.1) is 13.2 Å². The van der Waals surface area contributed by atoms with E-state index in [0.717, 1.165) is 64.2 Å². The van der Waals surface area contributed by atoms with E-state index in [1.165, 1.54) is 0 Å². The highest BCUT2D eigenvalue weighted by atomic mass is 16.5. The number of carbonyl (C=O) groups excluding carboxylic acids is 2. The Morgan fingerprint density at radius 1 is 0.615 bits per heavy atom. The summed E-state index contributed by atoms with van der Waals surface area (Å²) in [5.74, 6) is -0.183. The van der Waals surface area contributed by atoms with Crippen LogP contribution in [0.5, 0.6) is 0 Å². The second-order valence-corrected chi connectivity index (χ2v) is 6.40. The van der Waals surface area contributed by atoms with Gasteiger partial charge in [-0.3, -0.25) is 9.59 Å². The van der Waals surface area contributed by atoms with Gasteiger partial charge in [0.2, 0.25) is 0 Å². The molecule has 0 atom stereocenters. The van der Waals surface area contributed by atoms with Gasteiger partial charge in [-0.2, -0.15) is 0 Å². The number of unbranched alkanes of at least 4 members (excludes halogenated alkanes) is 5. The van der Waals surface area contributed by atoms with Gasteiger partial charge in [0.15, 0.2) is 0 Å². The molecule has 0 bridgehead atoms. The smallest absolute Gasteiger partial charge is 0.305 e. The number of carbonyl (C=O) groups is 2. The van der Waals surface area contributed by atoms with E-state index < -0.39 is 0 Å². The van der Waals surface area contributed by atoms with Gasteiger partial charge >= 0.3 is 11.9 Å². The lowest BCUT2D eigenvalue weighted by atomic mass is 10.1. The quantitative estimate of drug-likeness (QED) is 0.182. The Bertz CT molecular complexity index is 361. The molecule has 150 valence electrons. The summed E-state index contributed by atoms with van der Waals surface area (Å²) in [6, 6.07) is 0. The van der Waals surface area contributed by atoms with Crippen molar-refractivity contribution < 1.29 is 19.1 Å². The van der Waals surface area contributed by atoms with E-state index in [-0.39, 0.29) is 11.9 Å². The van der Waals surface area contributed by atoms with E-state index in [0.29, 0.717) is 26.1 Å². The van der Waals surface area contributed by atoms with E-state index >= 15 is 0 Å². The molecule has 4 heteroatoms. The van der Waals surface area contributed by atoms with Crippen LogP contribution in [0.4, 0.5) is 0 Å². The molecule has 0 aromatic rings. The molecule has 0 unspecified atom stereocenters. The van der Waals surface area contributed by atoms with Crippen molar-refractivity contribution in [3.05, 3.63) is 24.3 Å². The van der Waals surface area contributed by atoms with Crippen LogP contribution < -0.4 is 0 Å². The SMILES string of the molecule is CC/C=C\CCOC(=O)CCCCCCCCC(=O)OCC/C=C\CC. The second kappa shape index (κ2) is 19.7. The first-order valence-corrected chi connectivity index (χ1v) is 10.3. The summed E-state index contributed by atoms with van der Waals surface area (Å²) in [4.78, 5) is 23.1. The van der Waals surface area contributed by atoms with Crippen LogP contribution in [0.25, 0.3) is 0 Å². The number of hydrogen-bond donors (Lipinski definition) is 0. The van der Waals surface area contributed by atoms with E-state index in [1.807, 2.05) is 12.2 Å². The molecule has 0 saturated carbocycles. The molecule has 0 aliphatic rings. The third-order valence-corrected chi connectivity index (χ3v) is 3.91. The average molecular weight is 367 g/mol. The fourth-order valence-corrected chi connectivity index (χ4v) is 2.44. The maximum absolute atomic E-state index is 11.5. The van der Waals surface area contributed by atoms with Crippen molar-refractivity contribution in [2.75, 3.05) is 13.2 Å². The van der Waals surface area contributed by atoms with Crippen molar-refractivity contribution in [2.45, 2.75) is 90.9 Å². The fraction of sp³-hybridized carbons (Fsp3) is 0.727. The van der Waals surface area contributed by atoms with E-state index in [9.17, 15) is 9.59 Å². The molecule has 26 heavy (non-hydrogen) atoms. The van der Waals surface area contributed by atoms with E-state index in [1.54, 1.807) is 0 Å². The van der Waals surface area contributed by atoms with Gasteiger partial charge in [0.25, 0.3) is 0 Å². The highest BCUT2D eigenvalue weighted by Gasteiger charge is 2.03. The monoisotopic (exact) mass is 366 g/mol. The van der Waals surface area contributed by atoms with Gasteiger partial charge in [-0.15, -0.1) is 0 Å². The first-order chi connectivity index (χ1) is 12.7. The third kappa shape index (κ3) is 18.8. The van der Waals surface area contributed by atoms with Gasteiger partial charge in [0.1, 0.15) is 0 Å². The van der Waals surface area contributed by atoms with Crippen LogP contribution in [-0.4, -0.2) is 25.2 Å². The Hall–Kier alpha value is -1.58. The topological polar surface area (TPSA) is 52.6 Å². The first kappa shape index (κ1) is 24.4. The summed E-state index contributed by atoms with van der Waals surface area (Å²) < 4.78 is 10.3. The van der Waals surface area contributed by atoms with Crippen molar-refractivity contribution in [1.29, 1.82) is 0 Å². The lowest BCUT2D eigenvalue weighted by Gasteiger charge is -2.04.